The topological polar surface area (TPSA) is 60.5 Å². The molecular formula is C21H24BrN3O3. The molecule has 148 valence electrons. The number of hydrogen-bond acceptors (Lipinski definition) is 4. The summed E-state index contributed by atoms with van der Waals surface area (Å²) in [6.07, 6.45) is 2.90. The van der Waals surface area contributed by atoms with E-state index in [9.17, 15) is 4.79 Å². The van der Waals surface area contributed by atoms with Gasteiger partial charge in [0.05, 0.1) is 16.7 Å². The third kappa shape index (κ3) is 4.84. The van der Waals surface area contributed by atoms with Crippen molar-refractivity contribution in [2.24, 2.45) is 0 Å². The maximum Gasteiger partial charge on any atom is 0.289 e. The molecule has 0 fully saturated rings. The van der Waals surface area contributed by atoms with Crippen molar-refractivity contribution in [3.05, 3.63) is 69.8 Å². The van der Waals surface area contributed by atoms with Crippen LogP contribution in [-0.4, -0.2) is 27.6 Å². The second-order valence-corrected chi connectivity index (χ2v) is 7.35. The molecule has 1 amide bonds. The summed E-state index contributed by atoms with van der Waals surface area (Å²) >= 11 is 3.49. The summed E-state index contributed by atoms with van der Waals surface area (Å²) in [5.74, 6) is 1.47. The van der Waals surface area contributed by atoms with Gasteiger partial charge in [-0.15, -0.1) is 0 Å². The summed E-state index contributed by atoms with van der Waals surface area (Å²) in [6, 6.07) is 11.4. The fourth-order valence-corrected chi connectivity index (χ4v) is 3.18. The minimum Gasteiger partial charge on any atom is -0.486 e. The molecule has 2 aromatic heterocycles. The van der Waals surface area contributed by atoms with Crippen LogP contribution in [0.3, 0.4) is 0 Å². The van der Waals surface area contributed by atoms with Crippen molar-refractivity contribution < 1.29 is 13.9 Å². The predicted octanol–water partition coefficient (Wildman–Crippen LogP) is 4.67. The first kappa shape index (κ1) is 20.2. The zero-order valence-corrected chi connectivity index (χ0v) is 17.9. The third-order valence-electron chi connectivity index (χ3n) is 4.43. The standard InChI is InChI=1S/C21H24BrN3O3/c1-4-15-6-8-16(9-7-15)27-14-17-10-11-20(28-17)21(26)24(3)13-19-18(22)12-25(5-2)23-19/h6-12H,4-5,13-14H2,1-3H3. The molecule has 0 saturated carbocycles. The highest BCUT2D eigenvalue weighted by Gasteiger charge is 2.19. The van der Waals surface area contributed by atoms with Crippen LogP contribution >= 0.6 is 15.9 Å². The average molecular weight is 446 g/mol. The molecule has 0 aliphatic carbocycles. The molecule has 0 aliphatic heterocycles. The second-order valence-electron chi connectivity index (χ2n) is 6.49. The summed E-state index contributed by atoms with van der Waals surface area (Å²) in [7, 11) is 1.73. The van der Waals surface area contributed by atoms with Gasteiger partial charge in [-0.05, 0) is 59.1 Å². The van der Waals surface area contributed by atoms with Crippen molar-refractivity contribution in [3.63, 3.8) is 0 Å². The number of hydrogen-bond donors (Lipinski definition) is 0. The number of amides is 1. The quantitative estimate of drug-likeness (QED) is 0.505. The highest BCUT2D eigenvalue weighted by molar-refractivity contribution is 9.10. The molecule has 0 aliphatic rings. The van der Waals surface area contributed by atoms with Gasteiger partial charge in [-0.1, -0.05) is 19.1 Å². The lowest BCUT2D eigenvalue weighted by molar-refractivity contribution is 0.0747. The smallest absolute Gasteiger partial charge is 0.289 e. The van der Waals surface area contributed by atoms with Crippen molar-refractivity contribution in [2.75, 3.05) is 7.05 Å². The molecule has 0 atom stereocenters. The van der Waals surface area contributed by atoms with E-state index in [0.29, 0.717) is 12.3 Å². The minimum absolute atomic E-state index is 0.198. The Morgan fingerprint density at radius 2 is 1.96 bits per heavy atom. The van der Waals surface area contributed by atoms with Crippen molar-refractivity contribution in [3.8, 4) is 5.75 Å². The molecule has 0 unspecified atom stereocenters. The van der Waals surface area contributed by atoms with E-state index in [-0.39, 0.29) is 18.3 Å². The van der Waals surface area contributed by atoms with E-state index >= 15 is 0 Å². The molecule has 0 spiro atoms. The highest BCUT2D eigenvalue weighted by Crippen LogP contribution is 2.19. The van der Waals surface area contributed by atoms with E-state index in [2.05, 4.69) is 28.0 Å². The molecule has 3 aromatic rings. The molecule has 28 heavy (non-hydrogen) atoms. The summed E-state index contributed by atoms with van der Waals surface area (Å²) in [5.41, 5.74) is 2.07. The lowest BCUT2D eigenvalue weighted by Crippen LogP contribution is -2.26. The van der Waals surface area contributed by atoms with Crippen LogP contribution in [0.4, 0.5) is 0 Å². The predicted molar refractivity (Wildman–Crippen MR) is 110 cm³/mol. The Labute approximate surface area is 173 Å². The van der Waals surface area contributed by atoms with Gasteiger partial charge in [0.2, 0.25) is 0 Å². The number of benzene rings is 1. The fraction of sp³-hybridized carbons (Fsp3) is 0.333. The van der Waals surface area contributed by atoms with E-state index < -0.39 is 0 Å². The van der Waals surface area contributed by atoms with Gasteiger partial charge in [0.15, 0.2) is 5.76 Å². The van der Waals surface area contributed by atoms with Crippen molar-refractivity contribution in [2.45, 2.75) is 40.0 Å². The normalized spacial score (nSPS) is 10.9. The first-order valence-corrected chi connectivity index (χ1v) is 10.1. The number of halogens is 1. The lowest BCUT2D eigenvalue weighted by atomic mass is 10.2. The number of nitrogens with zero attached hydrogens (tertiary/aromatic N) is 3. The number of carbonyl (C=O) groups is 1. The van der Waals surface area contributed by atoms with Crippen LogP contribution in [0.1, 0.15) is 41.4 Å². The largest absolute Gasteiger partial charge is 0.486 e. The monoisotopic (exact) mass is 445 g/mol. The average Bonchev–Trinajstić information content (AvgIpc) is 3.33. The van der Waals surface area contributed by atoms with Crippen LogP contribution in [0.5, 0.6) is 5.75 Å². The van der Waals surface area contributed by atoms with E-state index in [4.69, 9.17) is 9.15 Å². The molecule has 3 rings (SSSR count). The van der Waals surface area contributed by atoms with Crippen molar-refractivity contribution in [1.29, 1.82) is 0 Å². The van der Waals surface area contributed by atoms with Gasteiger partial charge in [0.1, 0.15) is 18.1 Å². The Bertz CT molecular complexity index is 931. The van der Waals surface area contributed by atoms with Crippen LogP contribution in [0.25, 0.3) is 0 Å². The first-order valence-electron chi connectivity index (χ1n) is 9.27. The van der Waals surface area contributed by atoms with E-state index in [0.717, 1.165) is 28.9 Å². The van der Waals surface area contributed by atoms with Gasteiger partial charge in [0.25, 0.3) is 5.91 Å². The van der Waals surface area contributed by atoms with Crippen LogP contribution in [0.15, 0.2) is 51.5 Å². The van der Waals surface area contributed by atoms with Crippen LogP contribution in [0, 0.1) is 0 Å². The second kappa shape index (κ2) is 9.10. The van der Waals surface area contributed by atoms with Gasteiger partial charge in [-0.25, -0.2) is 0 Å². The molecule has 0 N–H and O–H groups in total. The Morgan fingerprint density at radius 3 is 2.61 bits per heavy atom. The minimum atomic E-state index is -0.198. The summed E-state index contributed by atoms with van der Waals surface area (Å²) in [5, 5.41) is 4.45. The van der Waals surface area contributed by atoms with E-state index in [1.165, 1.54) is 5.56 Å². The molecule has 1 aromatic carbocycles. The van der Waals surface area contributed by atoms with E-state index in [1.54, 1.807) is 24.1 Å². The molecule has 6 nitrogen and oxygen atoms in total. The molecular weight excluding hydrogens is 422 g/mol. The number of carbonyl (C=O) groups excluding carboxylic acids is 1. The summed E-state index contributed by atoms with van der Waals surface area (Å²) < 4.78 is 14.1. The fourth-order valence-electron chi connectivity index (χ4n) is 2.74. The Morgan fingerprint density at radius 1 is 1.21 bits per heavy atom. The molecule has 2 heterocycles. The summed E-state index contributed by atoms with van der Waals surface area (Å²) in [6.45, 7) is 5.57. The van der Waals surface area contributed by atoms with Crippen molar-refractivity contribution >= 4 is 21.8 Å². The van der Waals surface area contributed by atoms with Gasteiger partial charge in [-0.2, -0.15) is 5.10 Å². The number of rotatable bonds is 8. The lowest BCUT2D eigenvalue weighted by Gasteiger charge is -2.14. The number of aromatic nitrogens is 2. The zero-order chi connectivity index (χ0) is 20.1. The molecule has 7 heteroatoms. The van der Waals surface area contributed by atoms with Gasteiger partial charge >= 0.3 is 0 Å². The van der Waals surface area contributed by atoms with Gasteiger partial charge in [0, 0.05) is 19.8 Å². The van der Waals surface area contributed by atoms with Gasteiger partial charge < -0.3 is 14.1 Å². The first-order chi connectivity index (χ1) is 13.5. The van der Waals surface area contributed by atoms with E-state index in [1.807, 2.05) is 42.1 Å². The molecule has 0 bridgehead atoms. The Kier molecular flexibility index (Phi) is 6.57. The van der Waals surface area contributed by atoms with Crippen LogP contribution in [0.2, 0.25) is 0 Å². The third-order valence-corrected chi connectivity index (χ3v) is 5.09. The molecule has 0 radical (unpaired) electrons. The van der Waals surface area contributed by atoms with Crippen molar-refractivity contribution in [1.82, 2.24) is 14.7 Å². The Hall–Kier alpha value is -2.54. The Balaban J connectivity index is 1.58. The number of aryl methyl sites for hydroxylation is 2. The maximum absolute atomic E-state index is 12.6. The number of ether oxygens (including phenoxy) is 1. The SMILES string of the molecule is CCc1ccc(OCc2ccc(C(=O)N(C)Cc3nn(CC)cc3Br)o2)cc1. The zero-order valence-electron chi connectivity index (χ0n) is 16.3. The summed E-state index contributed by atoms with van der Waals surface area (Å²) in [4.78, 5) is 14.2. The maximum atomic E-state index is 12.6. The van der Waals surface area contributed by atoms with Crippen LogP contribution in [-0.2, 0) is 26.1 Å². The van der Waals surface area contributed by atoms with Gasteiger partial charge in [-0.3, -0.25) is 9.48 Å². The highest BCUT2D eigenvalue weighted by atomic mass is 79.9. The molecule has 0 saturated heterocycles. The van der Waals surface area contributed by atoms with Crippen LogP contribution < -0.4 is 4.74 Å². The number of furan rings is 1.